The summed E-state index contributed by atoms with van der Waals surface area (Å²) in [4.78, 5) is 10.2. The molecule has 4 nitrogen and oxygen atoms in total. The highest BCUT2D eigenvalue weighted by atomic mass is 79.9. The second-order valence-corrected chi connectivity index (χ2v) is 5.25. The van der Waals surface area contributed by atoms with Crippen molar-refractivity contribution in [3.8, 4) is 0 Å². The van der Waals surface area contributed by atoms with E-state index >= 15 is 0 Å². The molecular formula is C12H15BrN2O2. The maximum absolute atomic E-state index is 10.6. The Hall–Kier alpha value is -0.940. The average Bonchev–Trinajstić information content (AvgIpc) is 2.80. The Morgan fingerprint density at radius 1 is 1.41 bits per heavy atom. The Morgan fingerprint density at radius 2 is 2.12 bits per heavy atom. The van der Waals surface area contributed by atoms with Crippen LogP contribution in [0.3, 0.4) is 0 Å². The van der Waals surface area contributed by atoms with Crippen molar-refractivity contribution in [2.24, 2.45) is 0 Å². The van der Waals surface area contributed by atoms with Crippen molar-refractivity contribution in [3.05, 3.63) is 38.3 Å². The van der Waals surface area contributed by atoms with Crippen molar-refractivity contribution >= 4 is 21.6 Å². The van der Waals surface area contributed by atoms with Gasteiger partial charge in [0.05, 0.1) is 4.92 Å². The molecular weight excluding hydrogens is 284 g/mol. The fourth-order valence-electron chi connectivity index (χ4n) is 2.18. The highest BCUT2D eigenvalue weighted by Gasteiger charge is 2.15. The molecule has 1 aliphatic rings. The molecule has 0 heterocycles. The Labute approximate surface area is 109 Å². The Morgan fingerprint density at radius 3 is 2.71 bits per heavy atom. The first kappa shape index (κ1) is 12.5. The van der Waals surface area contributed by atoms with E-state index in [1.807, 2.05) is 6.07 Å². The van der Waals surface area contributed by atoms with Gasteiger partial charge < -0.3 is 5.32 Å². The molecule has 1 aliphatic carbocycles. The van der Waals surface area contributed by atoms with Gasteiger partial charge in [-0.25, -0.2) is 0 Å². The van der Waals surface area contributed by atoms with Crippen molar-refractivity contribution in [1.29, 1.82) is 0 Å². The van der Waals surface area contributed by atoms with Crippen molar-refractivity contribution < 1.29 is 4.92 Å². The fraction of sp³-hybridized carbons (Fsp3) is 0.500. The quantitative estimate of drug-likeness (QED) is 0.685. The molecule has 1 aromatic carbocycles. The van der Waals surface area contributed by atoms with Crippen molar-refractivity contribution in [3.63, 3.8) is 0 Å². The number of hydrogen-bond donors (Lipinski definition) is 1. The largest absolute Gasteiger partial charge is 0.310 e. The lowest BCUT2D eigenvalue weighted by Gasteiger charge is -2.12. The van der Waals surface area contributed by atoms with E-state index in [1.54, 1.807) is 12.1 Å². The summed E-state index contributed by atoms with van der Waals surface area (Å²) in [6, 6.07) is 5.53. The third-order valence-electron chi connectivity index (χ3n) is 3.18. The minimum atomic E-state index is -0.376. The van der Waals surface area contributed by atoms with Crippen molar-refractivity contribution in [2.45, 2.75) is 38.3 Å². The number of halogens is 1. The van der Waals surface area contributed by atoms with E-state index in [2.05, 4.69) is 21.2 Å². The summed E-state index contributed by atoms with van der Waals surface area (Å²) in [5.41, 5.74) is 1.20. The normalized spacial score (nSPS) is 16.3. The zero-order valence-electron chi connectivity index (χ0n) is 9.49. The Balaban J connectivity index is 1.98. The number of nitro groups is 1. The molecule has 0 aliphatic heterocycles. The second-order valence-electron chi connectivity index (χ2n) is 4.40. The van der Waals surface area contributed by atoms with Gasteiger partial charge in [-0.2, -0.15) is 0 Å². The van der Waals surface area contributed by atoms with Gasteiger partial charge in [0.15, 0.2) is 0 Å². The van der Waals surface area contributed by atoms with E-state index in [0.717, 1.165) is 16.6 Å². The Kier molecular flexibility index (Phi) is 4.12. The molecule has 0 spiro atoms. The summed E-state index contributed by atoms with van der Waals surface area (Å²) < 4.78 is 0.803. The molecule has 0 radical (unpaired) electrons. The van der Waals surface area contributed by atoms with E-state index < -0.39 is 0 Å². The highest BCUT2D eigenvalue weighted by molar-refractivity contribution is 9.10. The summed E-state index contributed by atoms with van der Waals surface area (Å²) in [6.45, 7) is 0.767. The molecule has 0 amide bonds. The lowest BCUT2D eigenvalue weighted by molar-refractivity contribution is -0.384. The number of nitro benzene ring substituents is 1. The predicted molar refractivity (Wildman–Crippen MR) is 69.9 cm³/mol. The van der Waals surface area contributed by atoms with Gasteiger partial charge in [-0.1, -0.05) is 28.8 Å². The first-order valence-corrected chi connectivity index (χ1v) is 6.62. The van der Waals surface area contributed by atoms with Crippen LogP contribution in [0.4, 0.5) is 5.69 Å². The van der Waals surface area contributed by atoms with Crippen molar-refractivity contribution in [2.75, 3.05) is 0 Å². The number of rotatable bonds is 4. The smallest absolute Gasteiger partial charge is 0.270 e. The topological polar surface area (TPSA) is 55.2 Å². The van der Waals surface area contributed by atoms with Gasteiger partial charge in [0.1, 0.15) is 0 Å². The monoisotopic (exact) mass is 298 g/mol. The first-order valence-electron chi connectivity index (χ1n) is 5.83. The van der Waals surface area contributed by atoms with Crippen LogP contribution in [-0.2, 0) is 6.54 Å². The molecule has 0 aromatic heterocycles. The number of nitrogens with zero attached hydrogens (tertiary/aromatic N) is 1. The molecule has 5 heteroatoms. The van der Waals surface area contributed by atoms with Crippen molar-refractivity contribution in [1.82, 2.24) is 5.32 Å². The average molecular weight is 299 g/mol. The van der Waals surface area contributed by atoms with Crippen LogP contribution < -0.4 is 5.32 Å². The SMILES string of the molecule is O=[N+]([O-])c1ccc(CNC2CCCC2)c(Br)c1. The maximum Gasteiger partial charge on any atom is 0.270 e. The van der Waals surface area contributed by atoms with Gasteiger partial charge in [0, 0.05) is 29.2 Å². The van der Waals surface area contributed by atoms with Crippen LogP contribution in [0, 0.1) is 10.1 Å². The van der Waals surface area contributed by atoms with Crippen LogP contribution in [0.2, 0.25) is 0 Å². The summed E-state index contributed by atoms with van der Waals surface area (Å²) in [6.07, 6.45) is 5.09. The van der Waals surface area contributed by atoms with E-state index in [9.17, 15) is 10.1 Å². The maximum atomic E-state index is 10.6. The summed E-state index contributed by atoms with van der Waals surface area (Å²) >= 11 is 3.38. The van der Waals surface area contributed by atoms with Crippen LogP contribution in [0.1, 0.15) is 31.2 Å². The van der Waals surface area contributed by atoms with Gasteiger partial charge in [0.25, 0.3) is 5.69 Å². The van der Waals surface area contributed by atoms with Crippen LogP contribution in [0.15, 0.2) is 22.7 Å². The molecule has 2 rings (SSSR count). The number of non-ortho nitro benzene ring substituents is 1. The molecule has 0 unspecified atom stereocenters. The van der Waals surface area contributed by atoms with E-state index in [-0.39, 0.29) is 10.6 Å². The third kappa shape index (κ3) is 3.26. The Bertz CT molecular complexity index is 417. The van der Waals surface area contributed by atoms with Crippen LogP contribution in [-0.4, -0.2) is 11.0 Å². The molecule has 17 heavy (non-hydrogen) atoms. The van der Waals surface area contributed by atoms with Crippen LogP contribution >= 0.6 is 15.9 Å². The van der Waals surface area contributed by atoms with E-state index in [0.29, 0.717) is 6.04 Å². The molecule has 0 atom stereocenters. The van der Waals surface area contributed by atoms with E-state index in [4.69, 9.17) is 0 Å². The molecule has 1 fully saturated rings. The fourth-order valence-corrected chi connectivity index (χ4v) is 2.68. The molecule has 0 bridgehead atoms. The van der Waals surface area contributed by atoms with Gasteiger partial charge >= 0.3 is 0 Å². The number of benzene rings is 1. The molecule has 1 aromatic rings. The minimum absolute atomic E-state index is 0.126. The highest BCUT2D eigenvalue weighted by Crippen LogP contribution is 2.24. The minimum Gasteiger partial charge on any atom is -0.310 e. The third-order valence-corrected chi connectivity index (χ3v) is 3.92. The summed E-state index contributed by atoms with van der Waals surface area (Å²) in [5.74, 6) is 0. The van der Waals surface area contributed by atoms with Gasteiger partial charge in [-0.3, -0.25) is 10.1 Å². The number of nitrogens with one attached hydrogen (secondary N) is 1. The lowest BCUT2D eigenvalue weighted by atomic mass is 10.2. The molecule has 1 N–H and O–H groups in total. The first-order chi connectivity index (χ1) is 8.16. The summed E-state index contributed by atoms with van der Waals surface area (Å²) in [5, 5.41) is 14.1. The lowest BCUT2D eigenvalue weighted by Crippen LogP contribution is -2.25. The second kappa shape index (κ2) is 5.60. The van der Waals surface area contributed by atoms with Gasteiger partial charge in [-0.05, 0) is 24.5 Å². The van der Waals surface area contributed by atoms with E-state index in [1.165, 1.54) is 25.7 Å². The zero-order chi connectivity index (χ0) is 12.3. The predicted octanol–water partition coefficient (Wildman–Crippen LogP) is 3.39. The molecule has 0 saturated heterocycles. The number of hydrogen-bond acceptors (Lipinski definition) is 3. The zero-order valence-corrected chi connectivity index (χ0v) is 11.1. The standard InChI is InChI=1S/C12H15BrN2O2/c13-12-7-11(15(16)17)6-5-9(12)8-14-10-3-1-2-4-10/h5-7,10,14H,1-4,8H2. The van der Waals surface area contributed by atoms with Crippen LogP contribution in [0.5, 0.6) is 0 Å². The van der Waals surface area contributed by atoms with Crippen LogP contribution in [0.25, 0.3) is 0 Å². The molecule has 92 valence electrons. The molecule has 1 saturated carbocycles. The van der Waals surface area contributed by atoms with Gasteiger partial charge in [-0.15, -0.1) is 0 Å². The summed E-state index contributed by atoms with van der Waals surface area (Å²) in [7, 11) is 0. The van der Waals surface area contributed by atoms with Gasteiger partial charge in [0.2, 0.25) is 0 Å².